The Labute approximate surface area is 111 Å². The Kier molecular flexibility index (Phi) is 4.71. The van der Waals surface area contributed by atoms with Gasteiger partial charge in [0.2, 0.25) is 5.91 Å². The van der Waals surface area contributed by atoms with Gasteiger partial charge >= 0.3 is 6.18 Å². The van der Waals surface area contributed by atoms with Crippen LogP contribution >= 0.6 is 0 Å². The van der Waals surface area contributed by atoms with E-state index in [-0.39, 0.29) is 30.8 Å². The highest BCUT2D eigenvalue weighted by Crippen LogP contribution is 2.37. The van der Waals surface area contributed by atoms with E-state index in [4.69, 9.17) is 0 Å². The summed E-state index contributed by atoms with van der Waals surface area (Å²) in [5.74, 6) is -1.37. The molecule has 2 rings (SSSR count). The first-order chi connectivity index (χ1) is 8.95. The van der Waals surface area contributed by atoms with Crippen molar-refractivity contribution in [3.8, 4) is 0 Å². The van der Waals surface area contributed by atoms with Crippen molar-refractivity contribution in [1.29, 1.82) is 0 Å². The molecule has 0 aromatic heterocycles. The van der Waals surface area contributed by atoms with Crippen LogP contribution in [-0.2, 0) is 4.79 Å². The van der Waals surface area contributed by atoms with Crippen molar-refractivity contribution in [1.82, 2.24) is 10.6 Å². The molecule has 2 aliphatic rings. The lowest BCUT2D eigenvalue weighted by Crippen LogP contribution is -2.43. The average Bonchev–Trinajstić information content (AvgIpc) is 2.80. The quantitative estimate of drug-likeness (QED) is 0.832. The van der Waals surface area contributed by atoms with Crippen LogP contribution in [0.25, 0.3) is 0 Å². The number of hydrogen-bond acceptors (Lipinski definition) is 2. The van der Waals surface area contributed by atoms with Crippen LogP contribution in [0.15, 0.2) is 0 Å². The van der Waals surface area contributed by atoms with Gasteiger partial charge < -0.3 is 10.6 Å². The van der Waals surface area contributed by atoms with Crippen LogP contribution in [0.5, 0.6) is 0 Å². The molecule has 110 valence electrons. The first-order valence-electron chi connectivity index (χ1n) is 7.04. The van der Waals surface area contributed by atoms with Crippen LogP contribution < -0.4 is 10.6 Å². The van der Waals surface area contributed by atoms with Gasteiger partial charge in [-0.25, -0.2) is 0 Å². The van der Waals surface area contributed by atoms with Crippen LogP contribution in [0, 0.1) is 5.92 Å². The summed E-state index contributed by atoms with van der Waals surface area (Å²) < 4.78 is 38.0. The monoisotopic (exact) mass is 278 g/mol. The zero-order valence-corrected chi connectivity index (χ0v) is 10.9. The molecule has 19 heavy (non-hydrogen) atoms. The molecule has 0 bridgehead atoms. The minimum Gasteiger partial charge on any atom is -0.353 e. The van der Waals surface area contributed by atoms with Crippen molar-refractivity contribution in [3.63, 3.8) is 0 Å². The van der Waals surface area contributed by atoms with Crippen molar-refractivity contribution in [2.24, 2.45) is 5.92 Å². The lowest BCUT2D eigenvalue weighted by atomic mass is 9.85. The van der Waals surface area contributed by atoms with Gasteiger partial charge in [0, 0.05) is 18.5 Å². The Bertz CT molecular complexity index is 314. The van der Waals surface area contributed by atoms with Gasteiger partial charge in [-0.1, -0.05) is 6.42 Å². The van der Waals surface area contributed by atoms with Crippen molar-refractivity contribution in [3.05, 3.63) is 0 Å². The smallest absolute Gasteiger partial charge is 0.353 e. The van der Waals surface area contributed by atoms with Crippen molar-refractivity contribution >= 4 is 5.91 Å². The maximum absolute atomic E-state index is 12.7. The first kappa shape index (κ1) is 14.6. The molecule has 6 heteroatoms. The largest absolute Gasteiger partial charge is 0.391 e. The van der Waals surface area contributed by atoms with Gasteiger partial charge in [0.15, 0.2) is 0 Å². The molecule has 1 amide bonds. The van der Waals surface area contributed by atoms with E-state index in [0.717, 1.165) is 19.4 Å². The van der Waals surface area contributed by atoms with E-state index in [9.17, 15) is 18.0 Å². The SMILES string of the molecule is O=C(CC1CCCN1)NC1CCCC(C(F)(F)F)C1. The van der Waals surface area contributed by atoms with E-state index >= 15 is 0 Å². The van der Waals surface area contributed by atoms with Gasteiger partial charge in [0.05, 0.1) is 5.92 Å². The number of alkyl halides is 3. The molecule has 1 aliphatic heterocycles. The number of hydrogen-bond donors (Lipinski definition) is 2. The maximum atomic E-state index is 12.7. The van der Waals surface area contributed by atoms with Crippen LogP contribution in [-0.4, -0.2) is 30.7 Å². The third kappa shape index (κ3) is 4.37. The van der Waals surface area contributed by atoms with E-state index in [1.165, 1.54) is 0 Å². The van der Waals surface area contributed by atoms with E-state index < -0.39 is 12.1 Å². The molecule has 0 spiro atoms. The summed E-state index contributed by atoms with van der Waals surface area (Å²) in [7, 11) is 0. The summed E-state index contributed by atoms with van der Waals surface area (Å²) in [5, 5.41) is 5.99. The number of amides is 1. The highest BCUT2D eigenvalue weighted by atomic mass is 19.4. The molecule has 1 heterocycles. The Morgan fingerprint density at radius 2 is 2.00 bits per heavy atom. The minimum absolute atomic E-state index is 0.0351. The third-order valence-corrected chi connectivity index (χ3v) is 4.10. The van der Waals surface area contributed by atoms with E-state index in [0.29, 0.717) is 19.3 Å². The summed E-state index contributed by atoms with van der Waals surface area (Å²) in [5.41, 5.74) is 0. The average molecular weight is 278 g/mol. The van der Waals surface area contributed by atoms with Gasteiger partial charge in [-0.2, -0.15) is 13.2 Å². The van der Waals surface area contributed by atoms with Crippen molar-refractivity contribution in [2.75, 3.05) is 6.54 Å². The fourth-order valence-corrected chi connectivity index (χ4v) is 3.06. The van der Waals surface area contributed by atoms with Gasteiger partial charge in [-0.15, -0.1) is 0 Å². The fraction of sp³-hybridized carbons (Fsp3) is 0.923. The van der Waals surface area contributed by atoms with Crippen LogP contribution in [0.3, 0.4) is 0 Å². The molecular formula is C13H21F3N2O. The Morgan fingerprint density at radius 1 is 1.21 bits per heavy atom. The maximum Gasteiger partial charge on any atom is 0.391 e. The second-order valence-electron chi connectivity index (χ2n) is 5.67. The number of halogens is 3. The molecule has 1 aliphatic carbocycles. The number of nitrogens with one attached hydrogen (secondary N) is 2. The molecule has 3 nitrogen and oxygen atoms in total. The molecule has 0 radical (unpaired) electrons. The van der Waals surface area contributed by atoms with Crippen LogP contribution in [0.4, 0.5) is 13.2 Å². The van der Waals surface area contributed by atoms with E-state index in [1.54, 1.807) is 0 Å². The molecule has 2 fully saturated rings. The highest BCUT2D eigenvalue weighted by molar-refractivity contribution is 5.76. The summed E-state index contributed by atoms with van der Waals surface area (Å²) >= 11 is 0. The first-order valence-corrected chi connectivity index (χ1v) is 7.04. The Hall–Kier alpha value is -0.780. The summed E-state index contributed by atoms with van der Waals surface area (Å²) in [6.07, 6.45) is -0.273. The van der Waals surface area contributed by atoms with Crippen LogP contribution in [0.1, 0.15) is 44.9 Å². The number of rotatable bonds is 3. The third-order valence-electron chi connectivity index (χ3n) is 4.10. The second-order valence-corrected chi connectivity index (χ2v) is 5.67. The molecule has 2 N–H and O–H groups in total. The minimum atomic E-state index is -4.13. The van der Waals surface area contributed by atoms with Crippen molar-refractivity contribution < 1.29 is 18.0 Å². The Morgan fingerprint density at radius 3 is 2.63 bits per heavy atom. The predicted octanol–water partition coefficient (Wildman–Crippen LogP) is 2.37. The molecule has 1 saturated heterocycles. The summed E-state index contributed by atoms with van der Waals surface area (Å²) in [6, 6.07) is -0.115. The van der Waals surface area contributed by atoms with Gasteiger partial charge in [-0.05, 0) is 38.6 Å². The van der Waals surface area contributed by atoms with Gasteiger partial charge in [0.25, 0.3) is 0 Å². The highest BCUT2D eigenvalue weighted by Gasteiger charge is 2.42. The zero-order chi connectivity index (χ0) is 13.9. The lowest BCUT2D eigenvalue weighted by Gasteiger charge is -2.31. The van der Waals surface area contributed by atoms with E-state index in [2.05, 4.69) is 10.6 Å². The van der Waals surface area contributed by atoms with Gasteiger partial charge in [-0.3, -0.25) is 4.79 Å². The lowest BCUT2D eigenvalue weighted by molar-refractivity contribution is -0.184. The molecule has 3 atom stereocenters. The normalized spacial score (nSPS) is 32.3. The number of carbonyl (C=O) groups excluding carboxylic acids is 1. The molecule has 0 aromatic carbocycles. The summed E-state index contributed by atoms with van der Waals surface area (Å²) in [4.78, 5) is 11.8. The standard InChI is InChI=1S/C13H21F3N2O/c14-13(15,16)9-3-1-4-11(7-9)18-12(19)8-10-5-2-6-17-10/h9-11,17H,1-8H2,(H,18,19). The summed E-state index contributed by atoms with van der Waals surface area (Å²) in [6.45, 7) is 0.928. The molecule has 3 unspecified atom stereocenters. The zero-order valence-electron chi connectivity index (χ0n) is 10.9. The van der Waals surface area contributed by atoms with Gasteiger partial charge in [0.1, 0.15) is 0 Å². The topological polar surface area (TPSA) is 41.1 Å². The molecular weight excluding hydrogens is 257 g/mol. The molecule has 0 aromatic rings. The Balaban J connectivity index is 1.76. The molecule has 1 saturated carbocycles. The van der Waals surface area contributed by atoms with Crippen molar-refractivity contribution in [2.45, 2.75) is 63.2 Å². The number of carbonyl (C=O) groups is 1. The fourth-order valence-electron chi connectivity index (χ4n) is 3.06. The predicted molar refractivity (Wildman–Crippen MR) is 65.6 cm³/mol. The second kappa shape index (κ2) is 6.11. The van der Waals surface area contributed by atoms with E-state index in [1.807, 2.05) is 0 Å². The van der Waals surface area contributed by atoms with Crippen LogP contribution in [0.2, 0.25) is 0 Å².